The minimum atomic E-state index is -0.454. The number of methoxy groups -OCH3 is 2. The molecule has 0 amide bonds. The van der Waals surface area contributed by atoms with E-state index in [4.69, 9.17) is 9.47 Å². The molecular formula is C13H12O5. The Balaban J connectivity index is 2.78. The number of carbonyl (C=O) groups excluding carboxylic acids is 2. The Morgan fingerprint density at radius 3 is 2.33 bits per heavy atom. The van der Waals surface area contributed by atoms with Crippen molar-refractivity contribution in [2.75, 3.05) is 14.2 Å². The standard InChI is InChI=1S/C13H12O5/c1-6-9(17-2)4-7(14)12-8(15)5-10(18-3)13(16)11(6)12/h4-5,14H,1-3H3. The smallest absolute Gasteiger partial charge is 0.228 e. The van der Waals surface area contributed by atoms with Crippen molar-refractivity contribution in [1.82, 2.24) is 0 Å². The van der Waals surface area contributed by atoms with Crippen molar-refractivity contribution in [3.05, 3.63) is 34.6 Å². The first-order valence-electron chi connectivity index (χ1n) is 5.26. The van der Waals surface area contributed by atoms with Gasteiger partial charge in [-0.15, -0.1) is 0 Å². The predicted molar refractivity (Wildman–Crippen MR) is 63.1 cm³/mol. The topological polar surface area (TPSA) is 72.8 Å². The number of hydrogen-bond donors (Lipinski definition) is 1. The molecule has 0 aromatic heterocycles. The highest BCUT2D eigenvalue weighted by Crippen LogP contribution is 2.36. The van der Waals surface area contributed by atoms with Gasteiger partial charge in [0, 0.05) is 23.3 Å². The summed E-state index contributed by atoms with van der Waals surface area (Å²) in [5.74, 6) is -0.839. The molecule has 0 spiro atoms. The lowest BCUT2D eigenvalue weighted by atomic mass is 9.88. The number of fused-ring (bicyclic) bond motifs is 1. The van der Waals surface area contributed by atoms with Gasteiger partial charge in [-0.1, -0.05) is 0 Å². The third-order valence-electron chi connectivity index (χ3n) is 2.92. The van der Waals surface area contributed by atoms with Crippen LogP contribution in [0, 0.1) is 6.92 Å². The molecule has 0 saturated heterocycles. The van der Waals surface area contributed by atoms with Crippen molar-refractivity contribution >= 4 is 11.6 Å². The van der Waals surface area contributed by atoms with Crippen molar-refractivity contribution < 1.29 is 24.2 Å². The summed E-state index contributed by atoms with van der Waals surface area (Å²) in [6.45, 7) is 1.65. The lowest BCUT2D eigenvalue weighted by molar-refractivity contribution is 0.0914. The van der Waals surface area contributed by atoms with E-state index in [0.717, 1.165) is 6.08 Å². The van der Waals surface area contributed by atoms with Crippen LogP contribution in [0.5, 0.6) is 11.5 Å². The van der Waals surface area contributed by atoms with Crippen molar-refractivity contribution in [3.8, 4) is 11.5 Å². The highest BCUT2D eigenvalue weighted by atomic mass is 16.5. The number of aromatic hydroxyl groups is 1. The first kappa shape index (κ1) is 12.2. The average Bonchev–Trinajstić information content (AvgIpc) is 2.35. The zero-order valence-electron chi connectivity index (χ0n) is 10.2. The summed E-state index contributed by atoms with van der Waals surface area (Å²) >= 11 is 0. The zero-order valence-corrected chi connectivity index (χ0v) is 10.2. The van der Waals surface area contributed by atoms with Crippen LogP contribution in [-0.2, 0) is 4.74 Å². The maximum Gasteiger partial charge on any atom is 0.228 e. The van der Waals surface area contributed by atoms with E-state index in [1.165, 1.54) is 20.3 Å². The van der Waals surface area contributed by atoms with Gasteiger partial charge in [0.15, 0.2) is 11.5 Å². The van der Waals surface area contributed by atoms with Gasteiger partial charge in [-0.25, -0.2) is 0 Å². The molecule has 1 aliphatic rings. The van der Waals surface area contributed by atoms with Gasteiger partial charge in [0.25, 0.3) is 0 Å². The fourth-order valence-corrected chi connectivity index (χ4v) is 2.02. The third kappa shape index (κ3) is 1.55. The normalized spacial score (nSPS) is 14.1. The Kier molecular flexibility index (Phi) is 2.82. The molecule has 0 unspecified atom stereocenters. The van der Waals surface area contributed by atoms with E-state index >= 15 is 0 Å². The van der Waals surface area contributed by atoms with E-state index < -0.39 is 11.6 Å². The summed E-state index contributed by atoms with van der Waals surface area (Å²) < 4.78 is 9.93. The number of carbonyl (C=O) groups is 2. The maximum absolute atomic E-state index is 12.1. The monoisotopic (exact) mass is 248 g/mol. The molecule has 2 rings (SSSR count). The van der Waals surface area contributed by atoms with Gasteiger partial charge >= 0.3 is 0 Å². The van der Waals surface area contributed by atoms with Gasteiger partial charge in [0.1, 0.15) is 11.5 Å². The molecule has 0 saturated carbocycles. The van der Waals surface area contributed by atoms with E-state index in [1.807, 2.05) is 0 Å². The Labute approximate surface area is 104 Å². The van der Waals surface area contributed by atoms with Crippen LogP contribution in [0.25, 0.3) is 0 Å². The largest absolute Gasteiger partial charge is 0.507 e. The SMILES string of the molecule is COC1=CC(=O)c2c(O)cc(OC)c(C)c2C1=O. The second-order valence-corrected chi connectivity index (χ2v) is 3.88. The van der Waals surface area contributed by atoms with Crippen molar-refractivity contribution in [2.24, 2.45) is 0 Å². The number of phenolic OH excluding ortho intramolecular Hbond substituents is 1. The van der Waals surface area contributed by atoms with Crippen LogP contribution in [0.4, 0.5) is 0 Å². The summed E-state index contributed by atoms with van der Waals surface area (Å²) in [6, 6.07) is 1.32. The summed E-state index contributed by atoms with van der Waals surface area (Å²) in [6.07, 6.45) is 1.08. The Morgan fingerprint density at radius 1 is 1.11 bits per heavy atom. The number of hydrogen-bond acceptors (Lipinski definition) is 5. The number of Topliss-reactive ketones (excluding diaryl/α,β-unsaturated/α-hetero) is 1. The number of ketones is 2. The Bertz CT molecular complexity index is 584. The first-order chi connectivity index (χ1) is 8.51. The average molecular weight is 248 g/mol. The molecule has 1 aromatic rings. The summed E-state index contributed by atoms with van der Waals surface area (Å²) in [7, 11) is 2.74. The summed E-state index contributed by atoms with van der Waals surface area (Å²) in [4.78, 5) is 24.0. The molecule has 0 fully saturated rings. The highest BCUT2D eigenvalue weighted by molar-refractivity contribution is 6.25. The molecule has 1 aromatic carbocycles. The molecule has 0 bridgehead atoms. The van der Waals surface area contributed by atoms with Gasteiger partial charge in [-0.3, -0.25) is 9.59 Å². The fraction of sp³-hybridized carbons (Fsp3) is 0.231. The van der Waals surface area contributed by atoms with Crippen LogP contribution in [0.3, 0.4) is 0 Å². The van der Waals surface area contributed by atoms with Crippen molar-refractivity contribution in [1.29, 1.82) is 0 Å². The second kappa shape index (κ2) is 4.18. The number of rotatable bonds is 2. The van der Waals surface area contributed by atoms with Gasteiger partial charge in [0.2, 0.25) is 5.78 Å². The predicted octanol–water partition coefficient (Wildman–Crippen LogP) is 1.62. The molecule has 18 heavy (non-hydrogen) atoms. The van der Waals surface area contributed by atoms with E-state index in [2.05, 4.69) is 0 Å². The lowest BCUT2D eigenvalue weighted by Crippen LogP contribution is -2.20. The minimum Gasteiger partial charge on any atom is -0.507 e. The molecule has 94 valence electrons. The van der Waals surface area contributed by atoms with Crippen molar-refractivity contribution in [3.63, 3.8) is 0 Å². The molecule has 5 heteroatoms. The van der Waals surface area contributed by atoms with E-state index in [1.54, 1.807) is 6.92 Å². The highest BCUT2D eigenvalue weighted by Gasteiger charge is 2.32. The molecule has 0 radical (unpaired) electrons. The molecular weight excluding hydrogens is 236 g/mol. The molecule has 0 aliphatic heterocycles. The van der Waals surface area contributed by atoms with Crippen LogP contribution in [-0.4, -0.2) is 30.9 Å². The molecule has 0 heterocycles. The van der Waals surface area contributed by atoms with Crippen LogP contribution in [0.1, 0.15) is 26.3 Å². The fourth-order valence-electron chi connectivity index (χ4n) is 2.02. The Morgan fingerprint density at radius 2 is 1.78 bits per heavy atom. The van der Waals surface area contributed by atoms with Gasteiger partial charge in [-0.05, 0) is 6.92 Å². The van der Waals surface area contributed by atoms with E-state index in [-0.39, 0.29) is 22.6 Å². The maximum atomic E-state index is 12.1. The minimum absolute atomic E-state index is 0.000833. The molecule has 1 N–H and O–H groups in total. The van der Waals surface area contributed by atoms with Crippen LogP contribution < -0.4 is 4.74 Å². The second-order valence-electron chi connectivity index (χ2n) is 3.88. The summed E-state index contributed by atoms with van der Waals surface area (Å²) in [5.41, 5.74) is 0.640. The molecule has 1 aliphatic carbocycles. The number of benzene rings is 1. The molecule has 5 nitrogen and oxygen atoms in total. The van der Waals surface area contributed by atoms with Crippen LogP contribution in [0.2, 0.25) is 0 Å². The van der Waals surface area contributed by atoms with Crippen LogP contribution >= 0.6 is 0 Å². The quantitative estimate of drug-likeness (QED) is 0.860. The number of phenols is 1. The van der Waals surface area contributed by atoms with Gasteiger partial charge in [0.05, 0.1) is 19.8 Å². The van der Waals surface area contributed by atoms with Crippen molar-refractivity contribution in [2.45, 2.75) is 6.92 Å². The number of ether oxygens (including phenoxy) is 2. The Hall–Kier alpha value is -2.30. The first-order valence-corrected chi connectivity index (χ1v) is 5.26. The van der Waals surface area contributed by atoms with Gasteiger partial charge < -0.3 is 14.6 Å². The third-order valence-corrected chi connectivity index (χ3v) is 2.92. The van der Waals surface area contributed by atoms with E-state index in [9.17, 15) is 14.7 Å². The van der Waals surface area contributed by atoms with E-state index in [0.29, 0.717) is 11.3 Å². The van der Waals surface area contributed by atoms with Gasteiger partial charge in [-0.2, -0.15) is 0 Å². The number of allylic oxidation sites excluding steroid dienone is 2. The lowest BCUT2D eigenvalue weighted by Gasteiger charge is -2.19. The molecule has 0 atom stereocenters. The summed E-state index contributed by atoms with van der Waals surface area (Å²) in [5, 5.41) is 9.82. The van der Waals surface area contributed by atoms with Crippen LogP contribution in [0.15, 0.2) is 17.9 Å². The zero-order chi connectivity index (χ0) is 13.4.